The quantitative estimate of drug-likeness (QED) is 0.248. The number of nitrogens with zero attached hydrogens (tertiary/aromatic N) is 2. The number of ether oxygens (including phenoxy) is 1. The molecule has 216 valence electrons. The van der Waals surface area contributed by atoms with E-state index in [2.05, 4.69) is 15.8 Å². The third-order valence-electron chi connectivity index (χ3n) is 6.80. The summed E-state index contributed by atoms with van der Waals surface area (Å²) in [6.45, 7) is 1.46. The van der Waals surface area contributed by atoms with Gasteiger partial charge in [0.1, 0.15) is 5.75 Å². The molecule has 0 heterocycles. The van der Waals surface area contributed by atoms with Crippen molar-refractivity contribution in [3.8, 4) is 5.75 Å². The molecule has 0 unspecified atom stereocenters. The minimum absolute atomic E-state index is 0.0360. The molecule has 1 aliphatic carbocycles. The molecular weight excluding hydrogens is 540 g/mol. The molecule has 0 spiro atoms. The predicted molar refractivity (Wildman–Crippen MR) is 158 cm³/mol. The molecule has 0 saturated heterocycles. The first-order chi connectivity index (χ1) is 19.8. The van der Waals surface area contributed by atoms with Crippen LogP contribution in [0.1, 0.15) is 48.8 Å². The second-order valence-corrected chi connectivity index (χ2v) is 12.1. The Bertz CT molecular complexity index is 1420. The highest BCUT2D eigenvalue weighted by molar-refractivity contribution is 7.89. The number of amides is 2. The Morgan fingerprint density at radius 2 is 1.61 bits per heavy atom. The fourth-order valence-electron chi connectivity index (χ4n) is 4.56. The number of hydrogen-bond acceptors (Lipinski definition) is 6. The number of rotatable bonds is 12. The van der Waals surface area contributed by atoms with Crippen molar-refractivity contribution in [2.75, 3.05) is 13.2 Å². The molecule has 0 radical (unpaired) electrons. The van der Waals surface area contributed by atoms with E-state index in [4.69, 9.17) is 4.74 Å². The molecule has 2 N–H and O–H groups in total. The van der Waals surface area contributed by atoms with E-state index in [1.807, 2.05) is 37.3 Å². The monoisotopic (exact) mass is 576 g/mol. The fraction of sp³-hybridized carbons (Fsp3) is 0.323. The van der Waals surface area contributed by atoms with Crippen LogP contribution in [0, 0.1) is 6.92 Å². The van der Waals surface area contributed by atoms with Crippen molar-refractivity contribution in [2.24, 2.45) is 5.10 Å². The molecule has 3 aromatic carbocycles. The maximum atomic E-state index is 13.4. The summed E-state index contributed by atoms with van der Waals surface area (Å²) in [6.07, 6.45) is 7.01. The van der Waals surface area contributed by atoms with Crippen molar-refractivity contribution in [3.63, 3.8) is 0 Å². The van der Waals surface area contributed by atoms with E-state index in [1.165, 1.54) is 24.8 Å². The molecule has 3 aromatic rings. The Morgan fingerprint density at radius 3 is 2.29 bits per heavy atom. The first kappa shape index (κ1) is 30.0. The van der Waals surface area contributed by atoms with Crippen molar-refractivity contribution < 1.29 is 22.7 Å². The molecule has 10 heteroatoms. The Hall–Kier alpha value is -4.02. The summed E-state index contributed by atoms with van der Waals surface area (Å²) >= 11 is 0. The van der Waals surface area contributed by atoms with Crippen LogP contribution in [0.4, 0.5) is 0 Å². The van der Waals surface area contributed by atoms with Gasteiger partial charge in [-0.25, -0.2) is 13.8 Å². The summed E-state index contributed by atoms with van der Waals surface area (Å²) in [5.74, 6) is -0.157. The van der Waals surface area contributed by atoms with E-state index in [0.717, 1.165) is 41.1 Å². The number of sulfonamides is 1. The van der Waals surface area contributed by atoms with Crippen molar-refractivity contribution in [3.05, 3.63) is 95.6 Å². The maximum Gasteiger partial charge on any atom is 0.258 e. The van der Waals surface area contributed by atoms with Crippen LogP contribution in [0.5, 0.6) is 5.75 Å². The largest absolute Gasteiger partial charge is 0.484 e. The van der Waals surface area contributed by atoms with Gasteiger partial charge in [-0.3, -0.25) is 9.59 Å². The van der Waals surface area contributed by atoms with Gasteiger partial charge in [-0.05, 0) is 67.3 Å². The lowest BCUT2D eigenvalue weighted by Gasteiger charge is -2.22. The van der Waals surface area contributed by atoms with Gasteiger partial charge >= 0.3 is 0 Å². The average molecular weight is 577 g/mol. The van der Waals surface area contributed by atoms with Crippen LogP contribution in [-0.4, -0.2) is 49.9 Å². The number of hydrazone groups is 1. The SMILES string of the molecule is Cc1ccc(S(=O)(=O)N(CC(=O)N/N=C\c2ccc(OCC(=O)NC3CCCCC3)cc2)Cc2ccccc2)cc1. The summed E-state index contributed by atoms with van der Waals surface area (Å²) in [6, 6.07) is 22.8. The third-order valence-corrected chi connectivity index (χ3v) is 8.61. The van der Waals surface area contributed by atoms with Gasteiger partial charge in [0.05, 0.1) is 17.7 Å². The van der Waals surface area contributed by atoms with Gasteiger partial charge in [0.25, 0.3) is 11.8 Å². The number of carbonyl (C=O) groups excluding carboxylic acids is 2. The van der Waals surface area contributed by atoms with Gasteiger partial charge in [0.15, 0.2) is 6.61 Å². The highest BCUT2D eigenvalue weighted by atomic mass is 32.2. The van der Waals surface area contributed by atoms with E-state index in [-0.39, 0.29) is 30.0 Å². The summed E-state index contributed by atoms with van der Waals surface area (Å²) in [5, 5.41) is 7.01. The zero-order chi connectivity index (χ0) is 29.1. The number of aryl methyl sites for hydroxylation is 1. The Labute approximate surface area is 241 Å². The van der Waals surface area contributed by atoms with Crippen molar-refractivity contribution >= 4 is 28.1 Å². The lowest BCUT2D eigenvalue weighted by molar-refractivity contribution is -0.124. The number of benzene rings is 3. The number of carbonyl (C=O) groups is 2. The average Bonchev–Trinajstić information content (AvgIpc) is 2.98. The maximum absolute atomic E-state index is 13.4. The van der Waals surface area contributed by atoms with Gasteiger partial charge in [0, 0.05) is 12.6 Å². The van der Waals surface area contributed by atoms with Gasteiger partial charge < -0.3 is 10.1 Å². The van der Waals surface area contributed by atoms with E-state index < -0.39 is 22.5 Å². The third kappa shape index (κ3) is 9.26. The molecule has 1 fully saturated rings. The topological polar surface area (TPSA) is 117 Å². The van der Waals surface area contributed by atoms with Crippen LogP contribution in [0.15, 0.2) is 88.9 Å². The van der Waals surface area contributed by atoms with E-state index in [1.54, 1.807) is 36.4 Å². The smallest absolute Gasteiger partial charge is 0.258 e. The predicted octanol–water partition coefficient (Wildman–Crippen LogP) is 4.16. The van der Waals surface area contributed by atoms with Gasteiger partial charge in [-0.2, -0.15) is 9.41 Å². The molecule has 1 saturated carbocycles. The zero-order valence-electron chi connectivity index (χ0n) is 23.2. The normalized spacial score (nSPS) is 14.2. The lowest BCUT2D eigenvalue weighted by atomic mass is 9.95. The molecule has 0 aromatic heterocycles. The summed E-state index contributed by atoms with van der Waals surface area (Å²) in [5.41, 5.74) is 4.80. The number of nitrogens with one attached hydrogen (secondary N) is 2. The Morgan fingerprint density at radius 1 is 0.927 bits per heavy atom. The van der Waals surface area contributed by atoms with Crippen LogP contribution in [0.25, 0.3) is 0 Å². The summed E-state index contributed by atoms with van der Waals surface area (Å²) < 4.78 is 33.5. The molecule has 0 bridgehead atoms. The first-order valence-electron chi connectivity index (χ1n) is 13.7. The van der Waals surface area contributed by atoms with E-state index in [9.17, 15) is 18.0 Å². The van der Waals surface area contributed by atoms with Gasteiger partial charge in [-0.1, -0.05) is 67.3 Å². The van der Waals surface area contributed by atoms with Gasteiger partial charge in [-0.15, -0.1) is 0 Å². The van der Waals surface area contributed by atoms with E-state index >= 15 is 0 Å². The Balaban J connectivity index is 1.31. The molecule has 0 atom stereocenters. The molecule has 1 aliphatic rings. The van der Waals surface area contributed by atoms with Crippen LogP contribution in [0.3, 0.4) is 0 Å². The summed E-state index contributed by atoms with van der Waals surface area (Å²) in [7, 11) is -3.94. The van der Waals surface area contributed by atoms with Crippen LogP contribution < -0.4 is 15.5 Å². The van der Waals surface area contributed by atoms with Gasteiger partial charge in [0.2, 0.25) is 10.0 Å². The lowest BCUT2D eigenvalue weighted by Crippen LogP contribution is -2.39. The number of hydrogen-bond donors (Lipinski definition) is 2. The first-order valence-corrected chi connectivity index (χ1v) is 15.2. The minimum atomic E-state index is -3.94. The van der Waals surface area contributed by atoms with Crippen LogP contribution >= 0.6 is 0 Å². The van der Waals surface area contributed by atoms with Crippen molar-refractivity contribution in [1.82, 2.24) is 15.0 Å². The Kier molecular flexibility index (Phi) is 10.6. The van der Waals surface area contributed by atoms with Crippen LogP contribution in [-0.2, 0) is 26.2 Å². The fourth-order valence-corrected chi connectivity index (χ4v) is 5.95. The summed E-state index contributed by atoms with van der Waals surface area (Å²) in [4.78, 5) is 25.0. The molecule has 4 rings (SSSR count). The highest BCUT2D eigenvalue weighted by Gasteiger charge is 2.27. The molecule has 0 aliphatic heterocycles. The molecular formula is C31H36N4O5S. The van der Waals surface area contributed by atoms with E-state index in [0.29, 0.717) is 11.3 Å². The molecule has 41 heavy (non-hydrogen) atoms. The van der Waals surface area contributed by atoms with Crippen molar-refractivity contribution in [1.29, 1.82) is 0 Å². The standard InChI is InChI=1S/C31H36N4O5S/c1-24-12-18-29(19-13-24)41(38,39)35(21-26-8-4-2-5-9-26)22-30(36)34-32-20-25-14-16-28(17-15-25)40-23-31(37)33-27-10-6-3-7-11-27/h2,4-5,8-9,12-20,27H,3,6-7,10-11,21-23H2,1H3,(H,33,37)(H,34,36)/b32-20-. The highest BCUT2D eigenvalue weighted by Crippen LogP contribution is 2.19. The molecule has 2 amide bonds. The van der Waals surface area contributed by atoms with Crippen LogP contribution in [0.2, 0.25) is 0 Å². The zero-order valence-corrected chi connectivity index (χ0v) is 24.0. The second kappa shape index (κ2) is 14.6. The molecule has 9 nitrogen and oxygen atoms in total. The van der Waals surface area contributed by atoms with Crippen molar-refractivity contribution in [2.45, 2.75) is 56.5 Å². The minimum Gasteiger partial charge on any atom is -0.484 e. The second-order valence-electron chi connectivity index (χ2n) is 10.1.